The number of aliphatic hydroxyl groups is 1. The van der Waals surface area contributed by atoms with Crippen molar-refractivity contribution in [2.45, 2.75) is 38.2 Å². The molecular formula is C18H24N2O. The van der Waals surface area contributed by atoms with E-state index < -0.39 is 6.10 Å². The maximum absolute atomic E-state index is 10.6. The van der Waals surface area contributed by atoms with E-state index in [-0.39, 0.29) is 11.3 Å². The van der Waals surface area contributed by atoms with Crippen molar-refractivity contribution in [2.24, 2.45) is 5.73 Å². The van der Waals surface area contributed by atoms with Crippen LogP contribution in [0.15, 0.2) is 48.8 Å². The standard InChI is InChI=1S/C18H24N2O/c1-18(2,3)15-8-6-13(7-9-15)17(21)16(11-19)14-5-4-10-20-12-14/h4-10,12,16-17,21H,11,19H2,1-3H3. The van der Waals surface area contributed by atoms with E-state index in [1.165, 1.54) is 5.56 Å². The van der Waals surface area contributed by atoms with E-state index in [1.54, 1.807) is 12.4 Å². The van der Waals surface area contributed by atoms with Crippen LogP contribution in [0.4, 0.5) is 0 Å². The molecule has 0 saturated heterocycles. The summed E-state index contributed by atoms with van der Waals surface area (Å²) in [5, 5.41) is 10.6. The lowest BCUT2D eigenvalue weighted by molar-refractivity contribution is 0.147. The van der Waals surface area contributed by atoms with E-state index in [1.807, 2.05) is 24.3 Å². The third-order valence-electron chi connectivity index (χ3n) is 3.87. The van der Waals surface area contributed by atoms with Gasteiger partial charge in [-0.15, -0.1) is 0 Å². The number of aliphatic hydroxyl groups excluding tert-OH is 1. The molecule has 2 unspecified atom stereocenters. The Morgan fingerprint density at radius 1 is 1.10 bits per heavy atom. The van der Waals surface area contributed by atoms with Crippen molar-refractivity contribution in [3.63, 3.8) is 0 Å². The number of hydrogen-bond acceptors (Lipinski definition) is 3. The highest BCUT2D eigenvalue weighted by molar-refractivity contribution is 5.31. The zero-order chi connectivity index (χ0) is 15.5. The highest BCUT2D eigenvalue weighted by Crippen LogP contribution is 2.31. The van der Waals surface area contributed by atoms with E-state index in [0.29, 0.717) is 6.54 Å². The first-order chi connectivity index (χ1) is 9.93. The minimum absolute atomic E-state index is 0.111. The molecule has 3 nitrogen and oxygen atoms in total. The van der Waals surface area contributed by atoms with Gasteiger partial charge < -0.3 is 10.8 Å². The summed E-state index contributed by atoms with van der Waals surface area (Å²) >= 11 is 0. The van der Waals surface area contributed by atoms with E-state index in [0.717, 1.165) is 11.1 Å². The number of hydrogen-bond donors (Lipinski definition) is 2. The molecule has 0 aliphatic carbocycles. The number of rotatable bonds is 4. The van der Waals surface area contributed by atoms with Gasteiger partial charge in [0.05, 0.1) is 6.10 Å². The molecule has 21 heavy (non-hydrogen) atoms. The van der Waals surface area contributed by atoms with Gasteiger partial charge in [-0.25, -0.2) is 0 Å². The van der Waals surface area contributed by atoms with E-state index >= 15 is 0 Å². The zero-order valence-corrected chi connectivity index (χ0v) is 13.0. The van der Waals surface area contributed by atoms with Crippen molar-refractivity contribution in [1.29, 1.82) is 0 Å². The Morgan fingerprint density at radius 3 is 2.24 bits per heavy atom. The summed E-state index contributed by atoms with van der Waals surface area (Å²) in [6, 6.07) is 12.0. The summed E-state index contributed by atoms with van der Waals surface area (Å²) < 4.78 is 0. The Hall–Kier alpha value is -1.71. The van der Waals surface area contributed by atoms with Gasteiger partial charge in [0.1, 0.15) is 0 Å². The lowest BCUT2D eigenvalue weighted by Crippen LogP contribution is -2.20. The molecule has 0 amide bonds. The monoisotopic (exact) mass is 284 g/mol. The van der Waals surface area contributed by atoms with Crippen LogP contribution in [0.3, 0.4) is 0 Å². The second-order valence-corrected chi connectivity index (χ2v) is 6.45. The predicted octanol–water partition coefficient (Wildman–Crippen LogP) is 3.16. The highest BCUT2D eigenvalue weighted by atomic mass is 16.3. The van der Waals surface area contributed by atoms with Crippen molar-refractivity contribution in [3.05, 3.63) is 65.5 Å². The molecule has 112 valence electrons. The van der Waals surface area contributed by atoms with E-state index in [4.69, 9.17) is 5.73 Å². The Morgan fingerprint density at radius 2 is 1.76 bits per heavy atom. The van der Waals surface area contributed by atoms with Gasteiger partial charge in [-0.2, -0.15) is 0 Å². The summed E-state index contributed by atoms with van der Waals surface area (Å²) in [4.78, 5) is 4.11. The van der Waals surface area contributed by atoms with Crippen LogP contribution < -0.4 is 5.73 Å². The van der Waals surface area contributed by atoms with Crippen molar-refractivity contribution >= 4 is 0 Å². The van der Waals surface area contributed by atoms with Gasteiger partial charge in [0.25, 0.3) is 0 Å². The summed E-state index contributed by atoms with van der Waals surface area (Å²) in [5.41, 5.74) is 9.08. The molecule has 3 N–H and O–H groups in total. The first-order valence-electron chi connectivity index (χ1n) is 7.32. The van der Waals surface area contributed by atoms with Gasteiger partial charge in [-0.1, -0.05) is 51.1 Å². The normalized spacial score (nSPS) is 14.7. The van der Waals surface area contributed by atoms with Gasteiger partial charge in [0, 0.05) is 24.9 Å². The fourth-order valence-electron chi connectivity index (χ4n) is 2.46. The molecular weight excluding hydrogens is 260 g/mol. The molecule has 1 aromatic heterocycles. The van der Waals surface area contributed by atoms with Gasteiger partial charge in [0.2, 0.25) is 0 Å². The summed E-state index contributed by atoms with van der Waals surface area (Å²) in [5.74, 6) is -0.140. The topological polar surface area (TPSA) is 59.1 Å². The first-order valence-corrected chi connectivity index (χ1v) is 7.32. The van der Waals surface area contributed by atoms with Crippen LogP contribution in [0, 0.1) is 0 Å². The van der Waals surface area contributed by atoms with Gasteiger partial charge in [-0.3, -0.25) is 4.98 Å². The number of pyridine rings is 1. The molecule has 1 heterocycles. The van der Waals surface area contributed by atoms with Crippen molar-refractivity contribution in [3.8, 4) is 0 Å². The molecule has 0 spiro atoms. The zero-order valence-electron chi connectivity index (χ0n) is 13.0. The molecule has 3 heteroatoms. The van der Waals surface area contributed by atoms with E-state index in [2.05, 4.69) is 37.9 Å². The minimum atomic E-state index is -0.617. The quantitative estimate of drug-likeness (QED) is 0.906. The van der Waals surface area contributed by atoms with E-state index in [9.17, 15) is 5.11 Å². The molecule has 0 bridgehead atoms. The molecule has 1 aromatic carbocycles. The minimum Gasteiger partial charge on any atom is -0.388 e. The molecule has 0 aliphatic heterocycles. The Kier molecular flexibility index (Phi) is 4.76. The highest BCUT2D eigenvalue weighted by Gasteiger charge is 2.22. The van der Waals surface area contributed by atoms with Crippen molar-refractivity contribution < 1.29 is 5.11 Å². The molecule has 0 saturated carbocycles. The maximum atomic E-state index is 10.6. The second-order valence-electron chi connectivity index (χ2n) is 6.45. The van der Waals surface area contributed by atoms with Gasteiger partial charge in [-0.05, 0) is 28.2 Å². The van der Waals surface area contributed by atoms with Gasteiger partial charge in [0.15, 0.2) is 0 Å². The fourth-order valence-corrected chi connectivity index (χ4v) is 2.46. The van der Waals surface area contributed by atoms with Crippen LogP contribution in [0.5, 0.6) is 0 Å². The van der Waals surface area contributed by atoms with Crippen LogP contribution in [-0.2, 0) is 5.41 Å². The van der Waals surface area contributed by atoms with Crippen LogP contribution in [0.1, 0.15) is 49.5 Å². The Balaban J connectivity index is 2.24. The lowest BCUT2D eigenvalue weighted by Gasteiger charge is -2.24. The smallest absolute Gasteiger partial charge is 0.0871 e. The third-order valence-corrected chi connectivity index (χ3v) is 3.87. The summed E-state index contributed by atoms with van der Waals surface area (Å²) in [6.07, 6.45) is 2.87. The average Bonchev–Trinajstić information content (AvgIpc) is 2.48. The Labute approximate surface area is 126 Å². The largest absolute Gasteiger partial charge is 0.388 e. The SMILES string of the molecule is CC(C)(C)c1ccc(C(O)C(CN)c2cccnc2)cc1. The summed E-state index contributed by atoms with van der Waals surface area (Å²) in [7, 11) is 0. The molecule has 0 aliphatic rings. The first kappa shape index (κ1) is 15.7. The van der Waals surface area contributed by atoms with Crippen LogP contribution in [-0.4, -0.2) is 16.6 Å². The molecule has 2 rings (SSSR count). The molecule has 0 fully saturated rings. The van der Waals surface area contributed by atoms with Gasteiger partial charge >= 0.3 is 0 Å². The predicted molar refractivity (Wildman–Crippen MR) is 86.1 cm³/mol. The number of benzene rings is 1. The molecule has 0 radical (unpaired) electrons. The van der Waals surface area contributed by atoms with Crippen molar-refractivity contribution in [2.75, 3.05) is 6.54 Å². The van der Waals surface area contributed by atoms with Crippen molar-refractivity contribution in [1.82, 2.24) is 4.98 Å². The number of nitrogens with zero attached hydrogens (tertiary/aromatic N) is 1. The number of aromatic nitrogens is 1. The maximum Gasteiger partial charge on any atom is 0.0871 e. The number of nitrogens with two attached hydrogens (primary N) is 1. The Bertz CT molecular complexity index is 558. The van der Waals surface area contributed by atoms with Crippen LogP contribution in [0.25, 0.3) is 0 Å². The molecule has 2 atom stereocenters. The van der Waals surface area contributed by atoms with Crippen LogP contribution >= 0.6 is 0 Å². The lowest BCUT2D eigenvalue weighted by atomic mass is 9.84. The summed E-state index contributed by atoms with van der Waals surface area (Å²) in [6.45, 7) is 6.91. The van der Waals surface area contributed by atoms with Crippen LogP contribution in [0.2, 0.25) is 0 Å². The third kappa shape index (κ3) is 3.69. The fraction of sp³-hybridized carbons (Fsp3) is 0.389. The molecule has 2 aromatic rings. The average molecular weight is 284 g/mol. The second kappa shape index (κ2) is 6.37.